The number of methoxy groups -OCH3 is 1. The number of fused-ring (bicyclic) bond motifs is 1. The van der Waals surface area contributed by atoms with E-state index >= 15 is 0 Å². The topological polar surface area (TPSA) is 44.7 Å². The summed E-state index contributed by atoms with van der Waals surface area (Å²) in [5.41, 5.74) is 1.03. The second-order valence-corrected chi connectivity index (χ2v) is 7.76. The van der Waals surface area contributed by atoms with E-state index in [0.29, 0.717) is 24.0 Å². The largest absolute Gasteiger partial charge is 0.380 e. The lowest BCUT2D eigenvalue weighted by atomic mass is 9.77. The molecule has 0 amide bonds. The van der Waals surface area contributed by atoms with E-state index < -0.39 is 0 Å². The maximum absolute atomic E-state index is 5.79. The number of nitrogens with zero attached hydrogens (tertiary/aromatic N) is 5. The van der Waals surface area contributed by atoms with Crippen molar-refractivity contribution in [2.45, 2.75) is 31.9 Å². The summed E-state index contributed by atoms with van der Waals surface area (Å²) in [7, 11) is 10.2. The van der Waals surface area contributed by atoms with Crippen LogP contribution in [-0.4, -0.2) is 75.4 Å². The molecule has 2 aliphatic rings. The Balaban J connectivity index is 1.78. The van der Waals surface area contributed by atoms with Gasteiger partial charge in [-0.15, -0.1) is 0 Å². The van der Waals surface area contributed by atoms with E-state index in [1.165, 1.54) is 6.42 Å². The lowest BCUT2D eigenvalue weighted by molar-refractivity contribution is -0.0209. The Kier molecular flexibility index (Phi) is 4.97. The number of hydrogen-bond donors (Lipinski definition) is 0. The van der Waals surface area contributed by atoms with Gasteiger partial charge in [-0.1, -0.05) is 0 Å². The molecule has 1 aliphatic heterocycles. The van der Waals surface area contributed by atoms with Crippen LogP contribution in [0.15, 0.2) is 6.07 Å². The summed E-state index contributed by atoms with van der Waals surface area (Å²) in [5.74, 6) is 3.24. The van der Waals surface area contributed by atoms with Gasteiger partial charge in [-0.25, -0.2) is 4.98 Å². The predicted octanol–water partition coefficient (Wildman–Crippen LogP) is 1.64. The van der Waals surface area contributed by atoms with Gasteiger partial charge in [-0.05, 0) is 45.7 Å². The number of hydrogen-bond acceptors (Lipinski definition) is 6. The van der Waals surface area contributed by atoms with Crippen molar-refractivity contribution in [3.63, 3.8) is 0 Å². The number of anilines is 2. The Morgan fingerprint density at radius 2 is 1.75 bits per heavy atom. The maximum Gasteiger partial charge on any atom is 0.227 e. The standard InChI is InChI=1S/C18H31N5O/c1-12-7-17(22(4)5)20-18(19-12)23-10-13-8-15(21(2)3)16(24-6)9-14(13)11-23/h7,13-16H,8-11H2,1-6H3/t13-,14+,15-,16-/m1/s1. The Hall–Kier alpha value is -1.40. The molecule has 0 bridgehead atoms. The third kappa shape index (κ3) is 3.35. The van der Waals surface area contributed by atoms with Gasteiger partial charge in [0.15, 0.2) is 0 Å². The fourth-order valence-electron chi connectivity index (χ4n) is 4.26. The first-order valence-corrected chi connectivity index (χ1v) is 8.86. The van der Waals surface area contributed by atoms with E-state index in [9.17, 15) is 0 Å². The summed E-state index contributed by atoms with van der Waals surface area (Å²) in [6, 6.07) is 2.54. The van der Waals surface area contributed by atoms with Crippen molar-refractivity contribution in [2.75, 3.05) is 58.2 Å². The van der Waals surface area contributed by atoms with E-state index in [2.05, 4.69) is 23.9 Å². The highest BCUT2D eigenvalue weighted by molar-refractivity contribution is 5.45. The molecule has 6 nitrogen and oxygen atoms in total. The maximum atomic E-state index is 5.79. The zero-order valence-electron chi connectivity index (χ0n) is 15.9. The smallest absolute Gasteiger partial charge is 0.227 e. The zero-order chi connectivity index (χ0) is 17.4. The molecule has 1 saturated heterocycles. The van der Waals surface area contributed by atoms with Gasteiger partial charge in [0.25, 0.3) is 0 Å². The first-order valence-electron chi connectivity index (χ1n) is 8.86. The van der Waals surface area contributed by atoms with Gasteiger partial charge < -0.3 is 19.4 Å². The molecule has 0 N–H and O–H groups in total. The summed E-state index contributed by atoms with van der Waals surface area (Å²) in [6.45, 7) is 4.15. The van der Waals surface area contributed by atoms with Crippen LogP contribution in [0.1, 0.15) is 18.5 Å². The van der Waals surface area contributed by atoms with Crippen molar-refractivity contribution in [1.82, 2.24) is 14.9 Å². The number of ether oxygens (including phenoxy) is 1. The monoisotopic (exact) mass is 333 g/mol. The fourth-order valence-corrected chi connectivity index (χ4v) is 4.26. The number of rotatable bonds is 4. The molecule has 3 rings (SSSR count). The molecule has 1 aromatic heterocycles. The predicted molar refractivity (Wildman–Crippen MR) is 97.8 cm³/mol. The SMILES string of the molecule is CO[C@@H]1C[C@H]2CN(c3nc(C)cc(N(C)C)n3)C[C@H]2C[C@H]1N(C)C. The highest BCUT2D eigenvalue weighted by atomic mass is 16.5. The van der Waals surface area contributed by atoms with Crippen LogP contribution in [0.3, 0.4) is 0 Å². The molecule has 1 aromatic rings. The summed E-state index contributed by atoms with van der Waals surface area (Å²) >= 11 is 0. The van der Waals surface area contributed by atoms with E-state index in [4.69, 9.17) is 14.7 Å². The van der Waals surface area contributed by atoms with Gasteiger partial charge in [0.1, 0.15) is 5.82 Å². The molecule has 2 fully saturated rings. The van der Waals surface area contributed by atoms with Gasteiger partial charge in [-0.2, -0.15) is 4.98 Å². The van der Waals surface area contributed by atoms with Crippen LogP contribution in [0.5, 0.6) is 0 Å². The minimum absolute atomic E-state index is 0.331. The van der Waals surface area contributed by atoms with E-state index in [1.807, 2.05) is 39.1 Å². The fraction of sp³-hybridized carbons (Fsp3) is 0.778. The highest BCUT2D eigenvalue weighted by Gasteiger charge is 2.43. The zero-order valence-corrected chi connectivity index (χ0v) is 15.9. The average molecular weight is 333 g/mol. The summed E-state index contributed by atoms with van der Waals surface area (Å²) in [6.07, 6.45) is 2.66. The normalized spacial score (nSPS) is 29.9. The van der Waals surface area contributed by atoms with Crippen LogP contribution in [0.25, 0.3) is 0 Å². The van der Waals surface area contributed by atoms with Crippen LogP contribution < -0.4 is 9.80 Å². The second kappa shape index (κ2) is 6.84. The first-order chi connectivity index (χ1) is 11.4. The lowest BCUT2D eigenvalue weighted by Gasteiger charge is -2.40. The molecular weight excluding hydrogens is 302 g/mol. The Morgan fingerprint density at radius 3 is 2.33 bits per heavy atom. The van der Waals surface area contributed by atoms with Gasteiger partial charge in [0.2, 0.25) is 5.95 Å². The van der Waals surface area contributed by atoms with Gasteiger partial charge in [-0.3, -0.25) is 0 Å². The van der Waals surface area contributed by atoms with E-state index in [1.54, 1.807) is 0 Å². The van der Waals surface area contributed by atoms with Crippen LogP contribution in [0.4, 0.5) is 11.8 Å². The van der Waals surface area contributed by atoms with Crippen molar-refractivity contribution in [2.24, 2.45) is 11.8 Å². The Bertz CT molecular complexity index is 577. The summed E-state index contributed by atoms with van der Waals surface area (Å²) in [5, 5.41) is 0. The van der Waals surface area contributed by atoms with Crippen molar-refractivity contribution >= 4 is 11.8 Å². The van der Waals surface area contributed by atoms with Crippen LogP contribution in [0, 0.1) is 18.8 Å². The van der Waals surface area contributed by atoms with E-state index in [0.717, 1.165) is 37.0 Å². The quantitative estimate of drug-likeness (QED) is 0.835. The van der Waals surface area contributed by atoms with Crippen molar-refractivity contribution in [3.8, 4) is 0 Å². The third-order valence-electron chi connectivity index (χ3n) is 5.62. The van der Waals surface area contributed by atoms with Crippen LogP contribution in [-0.2, 0) is 4.74 Å². The molecule has 0 unspecified atom stereocenters. The average Bonchev–Trinajstić information content (AvgIpc) is 2.95. The molecule has 1 saturated carbocycles. The molecule has 1 aliphatic carbocycles. The van der Waals surface area contributed by atoms with Crippen LogP contribution in [0.2, 0.25) is 0 Å². The highest BCUT2D eigenvalue weighted by Crippen LogP contribution is 2.39. The van der Waals surface area contributed by atoms with Crippen molar-refractivity contribution in [3.05, 3.63) is 11.8 Å². The molecule has 2 heterocycles. The molecule has 0 spiro atoms. The molecule has 6 heteroatoms. The summed E-state index contributed by atoms with van der Waals surface area (Å²) in [4.78, 5) is 16.2. The molecule has 24 heavy (non-hydrogen) atoms. The molecule has 0 radical (unpaired) electrons. The van der Waals surface area contributed by atoms with Crippen molar-refractivity contribution in [1.29, 1.82) is 0 Å². The van der Waals surface area contributed by atoms with Gasteiger partial charge >= 0.3 is 0 Å². The lowest BCUT2D eigenvalue weighted by Crippen LogP contribution is -2.47. The second-order valence-electron chi connectivity index (χ2n) is 7.76. The molecule has 0 aromatic carbocycles. The Morgan fingerprint density at radius 1 is 1.08 bits per heavy atom. The number of aromatic nitrogens is 2. The molecule has 134 valence electrons. The van der Waals surface area contributed by atoms with Gasteiger partial charge in [0, 0.05) is 52.1 Å². The molecule has 4 atom stereocenters. The minimum atomic E-state index is 0.331. The van der Waals surface area contributed by atoms with E-state index in [-0.39, 0.29) is 0 Å². The Labute approximate surface area is 145 Å². The number of likely N-dealkylation sites (N-methyl/N-ethyl adjacent to an activating group) is 1. The van der Waals surface area contributed by atoms with Crippen molar-refractivity contribution < 1.29 is 4.74 Å². The minimum Gasteiger partial charge on any atom is -0.380 e. The summed E-state index contributed by atoms with van der Waals surface area (Å²) < 4.78 is 5.79. The first kappa shape index (κ1) is 17.4. The van der Waals surface area contributed by atoms with Crippen LogP contribution >= 0.6 is 0 Å². The molecular formula is C18H31N5O. The van der Waals surface area contributed by atoms with Gasteiger partial charge in [0.05, 0.1) is 6.10 Å². The third-order valence-corrected chi connectivity index (χ3v) is 5.62. The number of aryl methyl sites for hydroxylation is 1.